The first-order valence-electron chi connectivity index (χ1n) is 8.29. The molecule has 1 saturated heterocycles. The Morgan fingerprint density at radius 2 is 1.85 bits per heavy atom. The normalized spacial score (nSPS) is 15.1. The van der Waals surface area contributed by atoms with E-state index in [4.69, 9.17) is 5.73 Å². The van der Waals surface area contributed by atoms with Gasteiger partial charge < -0.3 is 15.5 Å². The van der Waals surface area contributed by atoms with E-state index in [0.717, 1.165) is 6.07 Å². The van der Waals surface area contributed by atoms with Crippen LogP contribution in [0.5, 0.6) is 0 Å². The van der Waals surface area contributed by atoms with Crippen LogP contribution in [0, 0.1) is 0 Å². The molecule has 3 N–H and O–H groups in total. The van der Waals surface area contributed by atoms with Gasteiger partial charge in [-0.05, 0) is 11.6 Å². The maximum absolute atomic E-state index is 13.1. The molecule has 1 aromatic carbocycles. The van der Waals surface area contributed by atoms with Crippen molar-refractivity contribution < 1.29 is 18.0 Å². The highest BCUT2D eigenvalue weighted by Crippen LogP contribution is 2.32. The number of alkyl halides is 3. The topological polar surface area (TPSA) is 95.3 Å². The molecule has 2 aromatic rings. The molecule has 10 heteroatoms. The Morgan fingerprint density at radius 3 is 2.48 bits per heavy atom. The number of nitrogen functional groups attached to an aromatic ring is 1. The fraction of sp³-hybridized carbons (Fsp3) is 0.353. The van der Waals surface area contributed by atoms with E-state index >= 15 is 0 Å². The van der Waals surface area contributed by atoms with E-state index in [0.29, 0.717) is 32.0 Å². The summed E-state index contributed by atoms with van der Waals surface area (Å²) in [7, 11) is 0. The molecular formula is C17H18F3N5O2. The largest absolute Gasteiger partial charge is 0.416 e. The van der Waals surface area contributed by atoms with E-state index in [2.05, 4.69) is 9.97 Å². The Balaban J connectivity index is 1.65. The van der Waals surface area contributed by atoms with Crippen LogP contribution < -0.4 is 16.2 Å². The van der Waals surface area contributed by atoms with Crippen molar-refractivity contribution in [2.24, 2.45) is 0 Å². The average molecular weight is 381 g/mol. The number of hydrogen-bond donors (Lipinski definition) is 2. The molecule has 1 aliphatic heterocycles. The summed E-state index contributed by atoms with van der Waals surface area (Å²) in [5.41, 5.74) is 4.32. The van der Waals surface area contributed by atoms with E-state index < -0.39 is 11.7 Å². The lowest BCUT2D eigenvalue weighted by Gasteiger charge is -2.35. The zero-order chi connectivity index (χ0) is 19.6. The van der Waals surface area contributed by atoms with Crippen LogP contribution in [0.25, 0.3) is 0 Å². The smallest absolute Gasteiger partial charge is 0.369 e. The fourth-order valence-corrected chi connectivity index (χ4v) is 3.04. The first-order chi connectivity index (χ1) is 12.7. The molecule has 0 radical (unpaired) electrons. The molecule has 7 nitrogen and oxygen atoms in total. The Bertz CT molecular complexity index is 889. The average Bonchev–Trinajstić information content (AvgIpc) is 2.60. The molecule has 0 saturated carbocycles. The van der Waals surface area contributed by atoms with Crippen LogP contribution in [-0.2, 0) is 17.4 Å². The molecule has 0 spiro atoms. The Hall–Kier alpha value is -3.04. The number of anilines is 2. The molecule has 0 aliphatic carbocycles. The lowest BCUT2D eigenvalue weighted by atomic mass is 10.0. The van der Waals surface area contributed by atoms with Gasteiger partial charge in [0.15, 0.2) is 0 Å². The molecule has 3 rings (SSSR count). The van der Waals surface area contributed by atoms with Crippen LogP contribution in [-0.4, -0.2) is 47.0 Å². The highest BCUT2D eigenvalue weighted by atomic mass is 19.4. The van der Waals surface area contributed by atoms with Gasteiger partial charge in [-0.3, -0.25) is 14.6 Å². The van der Waals surface area contributed by atoms with Crippen molar-refractivity contribution in [3.05, 3.63) is 51.8 Å². The number of aromatic amines is 1. The molecule has 27 heavy (non-hydrogen) atoms. The van der Waals surface area contributed by atoms with E-state index in [1.807, 2.05) is 0 Å². The molecule has 1 aliphatic rings. The van der Waals surface area contributed by atoms with Gasteiger partial charge in [0, 0.05) is 32.2 Å². The molecule has 1 aromatic heterocycles. The van der Waals surface area contributed by atoms with Crippen LogP contribution >= 0.6 is 0 Å². The summed E-state index contributed by atoms with van der Waals surface area (Å²) in [6.07, 6.45) is -4.81. The van der Waals surface area contributed by atoms with Gasteiger partial charge >= 0.3 is 6.18 Å². The number of nitrogens with zero attached hydrogens (tertiary/aromatic N) is 3. The maximum atomic E-state index is 13.1. The molecule has 0 atom stereocenters. The van der Waals surface area contributed by atoms with Crippen LogP contribution in [0.15, 0.2) is 35.1 Å². The second kappa shape index (κ2) is 7.29. The first-order valence-corrected chi connectivity index (χ1v) is 8.29. The minimum absolute atomic E-state index is 0.000219. The van der Waals surface area contributed by atoms with Crippen molar-refractivity contribution in [2.75, 3.05) is 36.8 Å². The van der Waals surface area contributed by atoms with Gasteiger partial charge in [0.05, 0.1) is 12.0 Å². The number of H-pyrrole nitrogens is 1. The molecule has 0 unspecified atom stereocenters. The standard InChI is InChI=1S/C17H18F3N5O2/c18-17(19,20)12-4-2-1-3-11(12)9-15(27)25-7-5-24(6-8-25)13-10-14(26)23-16(21)22-13/h1-4,10H,5-9H2,(H3,21,22,23,26). The number of carbonyl (C=O) groups excluding carboxylic acids is 1. The first kappa shape index (κ1) is 18.7. The molecular weight excluding hydrogens is 363 g/mol. The van der Waals surface area contributed by atoms with E-state index in [1.165, 1.54) is 29.2 Å². The summed E-state index contributed by atoms with van der Waals surface area (Å²) in [4.78, 5) is 33.7. The van der Waals surface area contributed by atoms with Crippen molar-refractivity contribution >= 4 is 17.7 Å². The number of nitrogens with one attached hydrogen (secondary N) is 1. The van der Waals surface area contributed by atoms with Crippen LogP contribution in [0.4, 0.5) is 24.9 Å². The molecule has 0 bridgehead atoms. The van der Waals surface area contributed by atoms with Gasteiger partial charge in [0.25, 0.3) is 5.56 Å². The molecule has 1 amide bonds. The van der Waals surface area contributed by atoms with Gasteiger partial charge in [-0.2, -0.15) is 18.2 Å². The monoisotopic (exact) mass is 381 g/mol. The Kier molecular flexibility index (Phi) is 5.06. The number of rotatable bonds is 3. The summed E-state index contributed by atoms with van der Waals surface area (Å²) < 4.78 is 39.2. The van der Waals surface area contributed by atoms with Crippen LogP contribution in [0.2, 0.25) is 0 Å². The van der Waals surface area contributed by atoms with E-state index in [1.54, 1.807) is 4.90 Å². The maximum Gasteiger partial charge on any atom is 0.416 e. The number of hydrogen-bond acceptors (Lipinski definition) is 5. The Labute approximate surface area is 152 Å². The van der Waals surface area contributed by atoms with Gasteiger partial charge in [-0.25, -0.2) is 0 Å². The predicted octanol–water partition coefficient (Wildman–Crippen LogP) is 1.26. The number of piperazine rings is 1. The summed E-state index contributed by atoms with van der Waals surface area (Å²) in [5, 5.41) is 0. The van der Waals surface area contributed by atoms with Gasteiger partial charge in [-0.1, -0.05) is 18.2 Å². The summed E-state index contributed by atoms with van der Waals surface area (Å²) in [6, 6.07) is 6.39. The number of aromatic nitrogens is 2. The quantitative estimate of drug-likeness (QED) is 0.835. The van der Waals surface area contributed by atoms with Crippen molar-refractivity contribution in [1.82, 2.24) is 14.9 Å². The van der Waals surface area contributed by atoms with Crippen molar-refractivity contribution in [2.45, 2.75) is 12.6 Å². The predicted molar refractivity (Wildman–Crippen MR) is 93.2 cm³/mol. The van der Waals surface area contributed by atoms with Crippen molar-refractivity contribution in [3.63, 3.8) is 0 Å². The minimum Gasteiger partial charge on any atom is -0.369 e. The minimum atomic E-state index is -4.50. The second-order valence-corrected chi connectivity index (χ2v) is 6.19. The number of carbonyl (C=O) groups is 1. The van der Waals surface area contributed by atoms with Gasteiger partial charge in [0.2, 0.25) is 11.9 Å². The number of halogens is 3. The lowest BCUT2D eigenvalue weighted by molar-refractivity contribution is -0.138. The third-order valence-corrected chi connectivity index (χ3v) is 4.37. The highest BCUT2D eigenvalue weighted by molar-refractivity contribution is 5.79. The number of nitrogens with two attached hydrogens (primary N) is 1. The SMILES string of the molecule is Nc1nc(N2CCN(C(=O)Cc3ccccc3C(F)(F)F)CC2)cc(=O)[nH]1. The third kappa shape index (κ3) is 4.39. The fourth-order valence-electron chi connectivity index (χ4n) is 3.04. The zero-order valence-electron chi connectivity index (χ0n) is 14.3. The van der Waals surface area contributed by atoms with Gasteiger partial charge in [0.1, 0.15) is 5.82 Å². The van der Waals surface area contributed by atoms with E-state index in [9.17, 15) is 22.8 Å². The van der Waals surface area contributed by atoms with Crippen LogP contribution in [0.3, 0.4) is 0 Å². The van der Waals surface area contributed by atoms with Crippen molar-refractivity contribution in [3.8, 4) is 0 Å². The van der Waals surface area contributed by atoms with Gasteiger partial charge in [-0.15, -0.1) is 0 Å². The lowest BCUT2D eigenvalue weighted by Crippen LogP contribution is -2.49. The van der Waals surface area contributed by atoms with Crippen molar-refractivity contribution in [1.29, 1.82) is 0 Å². The van der Waals surface area contributed by atoms with Crippen LogP contribution in [0.1, 0.15) is 11.1 Å². The second-order valence-electron chi connectivity index (χ2n) is 6.19. The molecule has 144 valence electrons. The summed E-state index contributed by atoms with van der Waals surface area (Å²) in [6.45, 7) is 1.45. The number of benzene rings is 1. The highest BCUT2D eigenvalue weighted by Gasteiger charge is 2.34. The molecule has 2 heterocycles. The third-order valence-electron chi connectivity index (χ3n) is 4.37. The Morgan fingerprint density at radius 1 is 1.19 bits per heavy atom. The molecule has 1 fully saturated rings. The van der Waals surface area contributed by atoms with E-state index in [-0.39, 0.29) is 29.4 Å². The summed E-state index contributed by atoms with van der Waals surface area (Å²) >= 11 is 0. The zero-order valence-corrected chi connectivity index (χ0v) is 14.3. The summed E-state index contributed by atoms with van der Waals surface area (Å²) in [5.74, 6) is 0.0373. The number of amides is 1.